The van der Waals surface area contributed by atoms with E-state index in [2.05, 4.69) is 11.6 Å². The third-order valence-corrected chi connectivity index (χ3v) is 5.93. The maximum Gasteiger partial charge on any atom is 0.251 e. The van der Waals surface area contributed by atoms with Gasteiger partial charge in [-0.2, -0.15) is 4.99 Å². The highest BCUT2D eigenvalue weighted by Crippen LogP contribution is 2.22. The molecule has 1 aliphatic rings. The summed E-state index contributed by atoms with van der Waals surface area (Å²) in [7, 11) is 0. The fraction of sp³-hybridized carbons (Fsp3) is 0.316. The van der Waals surface area contributed by atoms with Crippen molar-refractivity contribution in [2.24, 2.45) is 10.9 Å². The first-order chi connectivity index (χ1) is 13.0. The molecule has 2 aromatic rings. The first kappa shape index (κ1) is 19.9. The number of amides is 2. The topological polar surface area (TPSA) is 54.7 Å². The van der Waals surface area contributed by atoms with Gasteiger partial charge in [-0.1, -0.05) is 35.8 Å². The average Bonchev–Trinajstić information content (AvgIpc) is 3.10. The van der Waals surface area contributed by atoms with Crippen LogP contribution in [0.2, 0.25) is 10.0 Å². The molecule has 0 bridgehead atoms. The lowest BCUT2D eigenvalue weighted by Gasteiger charge is -2.29. The standard InChI is InChI=1S/C19H19Cl2N3O2S/c1-2-17(25)23-7-5-13(6-8-23)18(26)22-19-24(9-10-27-19)12-14-3-4-15(20)11-16(14)21/h2-4,9-11,13H,1,5-8,12H2. The number of piperidine rings is 1. The van der Waals surface area contributed by atoms with Crippen molar-refractivity contribution in [3.63, 3.8) is 0 Å². The van der Waals surface area contributed by atoms with E-state index in [-0.39, 0.29) is 17.7 Å². The molecule has 0 N–H and O–H groups in total. The van der Waals surface area contributed by atoms with Gasteiger partial charge in [0, 0.05) is 40.6 Å². The van der Waals surface area contributed by atoms with Crippen molar-refractivity contribution in [1.29, 1.82) is 0 Å². The number of aromatic nitrogens is 1. The van der Waals surface area contributed by atoms with Gasteiger partial charge in [0.05, 0.1) is 6.54 Å². The van der Waals surface area contributed by atoms with Crippen LogP contribution in [0.15, 0.2) is 47.4 Å². The van der Waals surface area contributed by atoms with Gasteiger partial charge in [0.1, 0.15) is 0 Å². The number of nitrogens with zero attached hydrogens (tertiary/aromatic N) is 3. The minimum Gasteiger partial charge on any atom is -0.339 e. The molecule has 3 rings (SSSR count). The summed E-state index contributed by atoms with van der Waals surface area (Å²) in [5.74, 6) is -0.388. The van der Waals surface area contributed by atoms with E-state index in [1.165, 1.54) is 17.4 Å². The number of carbonyl (C=O) groups excluding carboxylic acids is 2. The summed E-state index contributed by atoms with van der Waals surface area (Å²) in [5, 5.41) is 3.06. The zero-order chi connectivity index (χ0) is 19.4. The summed E-state index contributed by atoms with van der Waals surface area (Å²) < 4.78 is 1.90. The maximum atomic E-state index is 12.6. The Hall–Kier alpha value is -1.89. The molecule has 0 unspecified atom stereocenters. The molecule has 27 heavy (non-hydrogen) atoms. The molecular formula is C19H19Cl2N3O2S. The van der Waals surface area contributed by atoms with Gasteiger partial charge in [-0.05, 0) is 36.6 Å². The Bertz CT molecular complexity index is 927. The van der Waals surface area contributed by atoms with Gasteiger partial charge < -0.3 is 9.47 Å². The fourth-order valence-corrected chi connectivity index (χ4v) is 4.20. The van der Waals surface area contributed by atoms with Crippen LogP contribution in [0.3, 0.4) is 0 Å². The van der Waals surface area contributed by atoms with E-state index < -0.39 is 0 Å². The van der Waals surface area contributed by atoms with Gasteiger partial charge in [-0.15, -0.1) is 11.3 Å². The number of hydrogen-bond donors (Lipinski definition) is 0. The van der Waals surface area contributed by atoms with Crippen molar-refractivity contribution in [2.75, 3.05) is 13.1 Å². The van der Waals surface area contributed by atoms with Crippen molar-refractivity contribution in [1.82, 2.24) is 9.47 Å². The van der Waals surface area contributed by atoms with Gasteiger partial charge in [0.15, 0.2) is 4.80 Å². The van der Waals surface area contributed by atoms with E-state index in [9.17, 15) is 9.59 Å². The van der Waals surface area contributed by atoms with Crippen LogP contribution < -0.4 is 4.80 Å². The molecule has 5 nitrogen and oxygen atoms in total. The third kappa shape index (κ3) is 4.89. The van der Waals surface area contributed by atoms with E-state index in [4.69, 9.17) is 23.2 Å². The molecule has 142 valence electrons. The highest BCUT2D eigenvalue weighted by molar-refractivity contribution is 7.07. The highest BCUT2D eigenvalue weighted by atomic mass is 35.5. The zero-order valence-corrected chi connectivity index (χ0v) is 16.9. The van der Waals surface area contributed by atoms with Crippen LogP contribution in [0, 0.1) is 5.92 Å². The molecule has 0 atom stereocenters. The van der Waals surface area contributed by atoms with Crippen LogP contribution in [0.4, 0.5) is 0 Å². The van der Waals surface area contributed by atoms with Gasteiger partial charge in [-0.3, -0.25) is 9.59 Å². The molecule has 0 spiro atoms. The molecule has 0 radical (unpaired) electrons. The van der Waals surface area contributed by atoms with E-state index in [0.717, 1.165) is 5.56 Å². The molecule has 0 saturated carbocycles. The molecule has 1 aromatic carbocycles. The summed E-state index contributed by atoms with van der Waals surface area (Å²) in [6.45, 7) is 5.13. The highest BCUT2D eigenvalue weighted by Gasteiger charge is 2.26. The summed E-state index contributed by atoms with van der Waals surface area (Å²) in [6.07, 6.45) is 4.43. The van der Waals surface area contributed by atoms with E-state index >= 15 is 0 Å². The molecule has 0 aliphatic carbocycles. The fourth-order valence-electron chi connectivity index (χ4n) is 3.00. The number of likely N-dealkylation sites (tertiary alicyclic amines) is 1. The molecule has 1 aliphatic heterocycles. The third-order valence-electron chi connectivity index (χ3n) is 4.55. The van der Waals surface area contributed by atoms with Crippen LogP contribution in [0.5, 0.6) is 0 Å². The number of thiazole rings is 1. The lowest BCUT2D eigenvalue weighted by molar-refractivity contribution is -0.130. The Labute approximate surface area is 171 Å². The van der Waals surface area contributed by atoms with E-state index in [0.29, 0.717) is 47.3 Å². The van der Waals surface area contributed by atoms with E-state index in [1.807, 2.05) is 22.2 Å². The smallest absolute Gasteiger partial charge is 0.251 e. The van der Waals surface area contributed by atoms with Crippen molar-refractivity contribution >= 4 is 46.4 Å². The SMILES string of the molecule is C=CC(=O)N1CCC(C(=O)N=c2sccn2Cc2ccc(Cl)cc2Cl)CC1. The molecule has 2 heterocycles. The first-order valence-electron chi connectivity index (χ1n) is 8.55. The predicted octanol–water partition coefficient (Wildman–Crippen LogP) is 3.76. The lowest BCUT2D eigenvalue weighted by atomic mass is 9.96. The minimum atomic E-state index is -0.159. The quantitative estimate of drug-likeness (QED) is 0.702. The van der Waals surface area contributed by atoms with Crippen LogP contribution in [0.25, 0.3) is 0 Å². The second-order valence-electron chi connectivity index (χ2n) is 6.30. The Morgan fingerprint density at radius 3 is 2.70 bits per heavy atom. The summed E-state index contributed by atoms with van der Waals surface area (Å²) in [5.41, 5.74) is 0.907. The Balaban J connectivity index is 1.71. The first-order valence-corrected chi connectivity index (χ1v) is 10.2. The predicted molar refractivity (Wildman–Crippen MR) is 108 cm³/mol. The second kappa shape index (κ2) is 8.87. The lowest BCUT2D eigenvalue weighted by Crippen LogP contribution is -2.39. The number of hydrogen-bond acceptors (Lipinski definition) is 3. The van der Waals surface area contributed by atoms with Crippen LogP contribution in [-0.2, 0) is 16.1 Å². The Morgan fingerprint density at radius 1 is 1.30 bits per heavy atom. The maximum absolute atomic E-state index is 12.6. The number of benzene rings is 1. The minimum absolute atomic E-state index is 0.0891. The average molecular weight is 424 g/mol. The molecule has 8 heteroatoms. The van der Waals surface area contributed by atoms with Gasteiger partial charge in [0.2, 0.25) is 5.91 Å². The van der Waals surface area contributed by atoms with E-state index in [1.54, 1.807) is 17.0 Å². The normalized spacial score (nSPS) is 15.8. The largest absolute Gasteiger partial charge is 0.339 e. The van der Waals surface area contributed by atoms with Crippen LogP contribution in [0.1, 0.15) is 18.4 Å². The second-order valence-corrected chi connectivity index (χ2v) is 8.02. The Morgan fingerprint density at radius 2 is 2.04 bits per heavy atom. The van der Waals surface area contributed by atoms with Crippen molar-refractivity contribution in [2.45, 2.75) is 19.4 Å². The molecular weight excluding hydrogens is 405 g/mol. The summed E-state index contributed by atoms with van der Waals surface area (Å²) >= 11 is 13.6. The molecule has 2 amide bonds. The van der Waals surface area contributed by atoms with Crippen molar-refractivity contribution in [3.8, 4) is 0 Å². The molecule has 1 aromatic heterocycles. The zero-order valence-electron chi connectivity index (χ0n) is 14.6. The number of carbonyl (C=O) groups is 2. The molecule has 1 fully saturated rings. The van der Waals surface area contributed by atoms with Gasteiger partial charge >= 0.3 is 0 Å². The summed E-state index contributed by atoms with van der Waals surface area (Å²) in [4.78, 5) is 30.9. The number of rotatable bonds is 4. The van der Waals surface area contributed by atoms with Crippen LogP contribution in [-0.4, -0.2) is 34.4 Å². The van der Waals surface area contributed by atoms with Crippen LogP contribution >= 0.6 is 34.5 Å². The number of halogens is 2. The van der Waals surface area contributed by atoms with Crippen molar-refractivity contribution in [3.05, 3.63) is 62.8 Å². The van der Waals surface area contributed by atoms with Gasteiger partial charge in [-0.25, -0.2) is 0 Å². The summed E-state index contributed by atoms with van der Waals surface area (Å²) in [6, 6.07) is 5.36. The molecule has 1 saturated heterocycles. The monoisotopic (exact) mass is 423 g/mol. The van der Waals surface area contributed by atoms with Gasteiger partial charge in [0.25, 0.3) is 5.91 Å². The Kier molecular flexibility index (Phi) is 6.52. The van der Waals surface area contributed by atoms with Crippen molar-refractivity contribution < 1.29 is 9.59 Å².